The van der Waals surface area contributed by atoms with Crippen LogP contribution in [0.15, 0.2) is 36.1 Å². The van der Waals surface area contributed by atoms with Crippen molar-refractivity contribution in [2.24, 2.45) is 0 Å². The van der Waals surface area contributed by atoms with E-state index in [1.165, 1.54) is 0 Å². The van der Waals surface area contributed by atoms with Crippen molar-refractivity contribution in [1.82, 2.24) is 0 Å². The average molecular weight is 212 g/mol. The summed E-state index contributed by atoms with van der Waals surface area (Å²) in [6.45, 7) is 12.8. The molecule has 0 aromatic heterocycles. The quantitative estimate of drug-likeness (QED) is 0.493. The first-order chi connectivity index (χ1) is 7.24. The SMILES string of the molecule is C=C/C(C)=C\C=C(/COC)OCC.CC. The Kier molecular flexibility index (Phi) is 14.2. The number of hydrogen-bond donors (Lipinski definition) is 0. The maximum Gasteiger partial charge on any atom is 0.122 e. The second-order valence-corrected chi connectivity index (χ2v) is 2.61. The summed E-state index contributed by atoms with van der Waals surface area (Å²) in [5.41, 5.74) is 1.10. The molecule has 2 nitrogen and oxygen atoms in total. The summed E-state index contributed by atoms with van der Waals surface area (Å²) in [6, 6.07) is 0. The molecule has 0 spiro atoms. The van der Waals surface area contributed by atoms with Crippen LogP contribution in [0.3, 0.4) is 0 Å². The summed E-state index contributed by atoms with van der Waals surface area (Å²) in [5, 5.41) is 0. The van der Waals surface area contributed by atoms with Crippen molar-refractivity contribution < 1.29 is 9.47 Å². The molecular formula is C13H24O2. The minimum Gasteiger partial charge on any atom is -0.496 e. The van der Waals surface area contributed by atoms with Crippen molar-refractivity contribution in [3.05, 3.63) is 36.1 Å². The van der Waals surface area contributed by atoms with Gasteiger partial charge in [0.15, 0.2) is 0 Å². The van der Waals surface area contributed by atoms with Crippen molar-refractivity contribution in [3.63, 3.8) is 0 Å². The monoisotopic (exact) mass is 212 g/mol. The Morgan fingerprint density at radius 2 is 1.87 bits per heavy atom. The van der Waals surface area contributed by atoms with Gasteiger partial charge in [-0.15, -0.1) is 0 Å². The molecule has 0 fully saturated rings. The van der Waals surface area contributed by atoms with E-state index >= 15 is 0 Å². The Bertz CT molecular complexity index is 195. The molecule has 0 aliphatic heterocycles. The van der Waals surface area contributed by atoms with E-state index in [2.05, 4.69) is 6.58 Å². The zero-order chi connectivity index (χ0) is 12.1. The molecule has 0 amide bonds. The molecule has 0 aromatic rings. The summed E-state index contributed by atoms with van der Waals surface area (Å²) in [5.74, 6) is 0.839. The molecule has 2 heteroatoms. The van der Waals surface area contributed by atoms with Crippen LogP contribution < -0.4 is 0 Å². The average Bonchev–Trinajstić information content (AvgIpc) is 2.28. The van der Waals surface area contributed by atoms with Crippen LogP contribution in [0.1, 0.15) is 27.7 Å². The van der Waals surface area contributed by atoms with Gasteiger partial charge >= 0.3 is 0 Å². The number of allylic oxidation sites excluding steroid dienone is 4. The Balaban J connectivity index is 0. The Hall–Kier alpha value is -1.02. The van der Waals surface area contributed by atoms with Gasteiger partial charge in [-0.2, -0.15) is 0 Å². The zero-order valence-electron chi connectivity index (χ0n) is 10.7. The maximum atomic E-state index is 5.33. The first kappa shape index (κ1) is 16.4. The highest BCUT2D eigenvalue weighted by Crippen LogP contribution is 2.01. The fourth-order valence-electron chi connectivity index (χ4n) is 0.758. The van der Waals surface area contributed by atoms with Crippen molar-refractivity contribution in [1.29, 1.82) is 0 Å². The lowest BCUT2D eigenvalue weighted by atomic mass is 10.2. The molecule has 88 valence electrons. The van der Waals surface area contributed by atoms with Crippen LogP contribution in [0, 0.1) is 0 Å². The fourth-order valence-corrected chi connectivity index (χ4v) is 0.758. The lowest BCUT2D eigenvalue weighted by Crippen LogP contribution is -1.99. The van der Waals surface area contributed by atoms with Gasteiger partial charge in [-0.25, -0.2) is 0 Å². The van der Waals surface area contributed by atoms with Crippen LogP contribution >= 0.6 is 0 Å². The zero-order valence-corrected chi connectivity index (χ0v) is 10.7. The standard InChI is InChI=1S/C11H18O2.C2H6/c1-5-10(3)7-8-11(9-12-4)13-6-2;1-2/h5,7-8H,1,6,9H2,2-4H3;1-2H3/b10-7-,11-8+;. The number of rotatable bonds is 6. The number of methoxy groups -OCH3 is 1. The summed E-state index contributed by atoms with van der Waals surface area (Å²) >= 11 is 0. The van der Waals surface area contributed by atoms with Crippen LogP contribution in [0.4, 0.5) is 0 Å². The second kappa shape index (κ2) is 13.0. The first-order valence-electron chi connectivity index (χ1n) is 5.36. The van der Waals surface area contributed by atoms with Gasteiger partial charge in [0.2, 0.25) is 0 Å². The lowest BCUT2D eigenvalue weighted by Gasteiger charge is -2.05. The van der Waals surface area contributed by atoms with Crippen LogP contribution in [-0.4, -0.2) is 20.3 Å². The molecule has 0 saturated carbocycles. The molecule has 0 unspecified atom stereocenters. The van der Waals surface area contributed by atoms with E-state index in [0.29, 0.717) is 13.2 Å². The highest BCUT2D eigenvalue weighted by molar-refractivity contribution is 5.21. The fraction of sp³-hybridized carbons (Fsp3) is 0.538. The van der Waals surface area contributed by atoms with E-state index in [9.17, 15) is 0 Å². The van der Waals surface area contributed by atoms with Gasteiger partial charge in [0.05, 0.1) is 6.61 Å². The molecule has 0 heterocycles. The lowest BCUT2D eigenvalue weighted by molar-refractivity contribution is 0.138. The summed E-state index contributed by atoms with van der Waals surface area (Å²) < 4.78 is 10.3. The van der Waals surface area contributed by atoms with Crippen LogP contribution in [0.5, 0.6) is 0 Å². The molecule has 15 heavy (non-hydrogen) atoms. The highest BCUT2D eigenvalue weighted by atomic mass is 16.5. The minimum absolute atomic E-state index is 0.509. The van der Waals surface area contributed by atoms with Gasteiger partial charge in [-0.3, -0.25) is 0 Å². The Labute approximate surface area is 94.3 Å². The van der Waals surface area contributed by atoms with E-state index in [-0.39, 0.29) is 0 Å². The van der Waals surface area contributed by atoms with Crippen molar-refractivity contribution in [2.75, 3.05) is 20.3 Å². The molecular weight excluding hydrogens is 188 g/mol. The van der Waals surface area contributed by atoms with E-state index in [0.717, 1.165) is 11.3 Å². The van der Waals surface area contributed by atoms with Crippen LogP contribution in [0.25, 0.3) is 0 Å². The van der Waals surface area contributed by atoms with E-state index in [1.54, 1.807) is 13.2 Å². The van der Waals surface area contributed by atoms with E-state index in [1.807, 2.05) is 39.8 Å². The van der Waals surface area contributed by atoms with Gasteiger partial charge in [-0.05, 0) is 19.9 Å². The molecule has 0 saturated heterocycles. The third-order valence-electron chi connectivity index (χ3n) is 1.47. The molecule has 0 aliphatic carbocycles. The summed E-state index contributed by atoms with van der Waals surface area (Å²) in [6.07, 6.45) is 5.66. The predicted molar refractivity (Wildman–Crippen MR) is 66.9 cm³/mol. The van der Waals surface area contributed by atoms with Gasteiger partial charge in [-0.1, -0.05) is 38.2 Å². The molecule has 0 rings (SSSR count). The van der Waals surface area contributed by atoms with Crippen LogP contribution in [-0.2, 0) is 9.47 Å². The van der Waals surface area contributed by atoms with Crippen molar-refractivity contribution >= 4 is 0 Å². The summed E-state index contributed by atoms with van der Waals surface area (Å²) in [4.78, 5) is 0. The van der Waals surface area contributed by atoms with E-state index in [4.69, 9.17) is 9.47 Å². The van der Waals surface area contributed by atoms with Gasteiger partial charge < -0.3 is 9.47 Å². The minimum atomic E-state index is 0.509. The third kappa shape index (κ3) is 10.9. The first-order valence-corrected chi connectivity index (χ1v) is 5.36. The van der Waals surface area contributed by atoms with Gasteiger partial charge in [0, 0.05) is 7.11 Å². The Morgan fingerprint density at radius 1 is 1.27 bits per heavy atom. The van der Waals surface area contributed by atoms with Crippen LogP contribution in [0.2, 0.25) is 0 Å². The van der Waals surface area contributed by atoms with Gasteiger partial charge in [0.25, 0.3) is 0 Å². The van der Waals surface area contributed by atoms with Crippen molar-refractivity contribution in [3.8, 4) is 0 Å². The number of ether oxygens (including phenoxy) is 2. The maximum absolute atomic E-state index is 5.33. The number of hydrogen-bond acceptors (Lipinski definition) is 2. The van der Waals surface area contributed by atoms with Crippen molar-refractivity contribution in [2.45, 2.75) is 27.7 Å². The van der Waals surface area contributed by atoms with E-state index < -0.39 is 0 Å². The second-order valence-electron chi connectivity index (χ2n) is 2.61. The molecule has 0 atom stereocenters. The highest BCUT2D eigenvalue weighted by Gasteiger charge is 1.93. The normalized spacial score (nSPS) is 11.5. The summed E-state index contributed by atoms with van der Waals surface area (Å²) in [7, 11) is 1.65. The molecule has 0 bridgehead atoms. The predicted octanol–water partition coefficient (Wildman–Crippen LogP) is 3.71. The topological polar surface area (TPSA) is 18.5 Å². The Morgan fingerprint density at radius 3 is 2.27 bits per heavy atom. The molecule has 0 aromatic carbocycles. The molecule has 0 radical (unpaired) electrons. The largest absolute Gasteiger partial charge is 0.496 e. The smallest absolute Gasteiger partial charge is 0.122 e. The molecule has 0 N–H and O–H groups in total. The molecule has 0 aliphatic rings. The van der Waals surface area contributed by atoms with Gasteiger partial charge in [0.1, 0.15) is 12.4 Å². The third-order valence-corrected chi connectivity index (χ3v) is 1.47.